The molecule has 0 radical (unpaired) electrons. The molecule has 12 heteroatoms. The summed E-state index contributed by atoms with van der Waals surface area (Å²) in [5.41, 5.74) is 5.57. The molecular formula is C16H20F4N4O4. The number of carbonyl (C=O) groups is 2. The number of hydrogen-bond acceptors (Lipinski definition) is 6. The molecular weight excluding hydrogens is 388 g/mol. The fourth-order valence-corrected chi connectivity index (χ4v) is 2.52. The number of nitrogens with two attached hydrogens (primary N) is 1. The van der Waals surface area contributed by atoms with Crippen LogP contribution < -0.4 is 26.0 Å². The highest BCUT2D eigenvalue weighted by Gasteiger charge is 2.25. The molecule has 1 atom stereocenters. The SMILES string of the molecule is NC[C@H](NCC(F)F)C(=O)Nc1ccc(N2CCOCC2=O)c(OC(F)F)c1. The minimum Gasteiger partial charge on any atom is -0.433 e. The molecule has 1 heterocycles. The van der Waals surface area contributed by atoms with Crippen LogP contribution in [0, 0.1) is 0 Å². The second-order valence-corrected chi connectivity index (χ2v) is 5.74. The Bertz CT molecular complexity index is 693. The van der Waals surface area contributed by atoms with E-state index in [0.717, 1.165) is 6.07 Å². The van der Waals surface area contributed by atoms with Crippen LogP contribution in [0.1, 0.15) is 0 Å². The van der Waals surface area contributed by atoms with Crippen LogP contribution in [-0.2, 0) is 14.3 Å². The highest BCUT2D eigenvalue weighted by molar-refractivity contribution is 5.98. The van der Waals surface area contributed by atoms with Gasteiger partial charge in [0.05, 0.1) is 24.9 Å². The molecule has 0 aromatic heterocycles. The Labute approximate surface area is 157 Å². The van der Waals surface area contributed by atoms with Gasteiger partial charge in [0.25, 0.3) is 12.3 Å². The highest BCUT2D eigenvalue weighted by atomic mass is 19.3. The van der Waals surface area contributed by atoms with Gasteiger partial charge in [0.1, 0.15) is 6.61 Å². The molecule has 0 spiro atoms. The monoisotopic (exact) mass is 408 g/mol. The quantitative estimate of drug-likeness (QED) is 0.522. The van der Waals surface area contributed by atoms with E-state index in [4.69, 9.17) is 10.5 Å². The summed E-state index contributed by atoms with van der Waals surface area (Å²) >= 11 is 0. The number of morpholine rings is 1. The van der Waals surface area contributed by atoms with E-state index in [2.05, 4.69) is 15.4 Å². The summed E-state index contributed by atoms with van der Waals surface area (Å²) in [7, 11) is 0. The molecule has 4 N–H and O–H groups in total. The van der Waals surface area contributed by atoms with Gasteiger partial charge in [-0.25, -0.2) is 8.78 Å². The number of alkyl halides is 4. The van der Waals surface area contributed by atoms with Gasteiger partial charge in [0.2, 0.25) is 5.91 Å². The third-order valence-corrected chi connectivity index (χ3v) is 3.79. The summed E-state index contributed by atoms with van der Waals surface area (Å²) in [4.78, 5) is 25.4. The van der Waals surface area contributed by atoms with E-state index in [0.29, 0.717) is 0 Å². The lowest BCUT2D eigenvalue weighted by molar-refractivity contribution is -0.125. The zero-order valence-electron chi connectivity index (χ0n) is 14.7. The summed E-state index contributed by atoms with van der Waals surface area (Å²) < 4.78 is 59.6. The summed E-state index contributed by atoms with van der Waals surface area (Å²) in [5, 5.41) is 4.69. The number of benzene rings is 1. The van der Waals surface area contributed by atoms with E-state index in [1.807, 2.05) is 0 Å². The van der Waals surface area contributed by atoms with Crippen LogP contribution in [-0.4, -0.2) is 63.7 Å². The predicted octanol–water partition coefficient (Wildman–Crippen LogP) is 0.772. The zero-order chi connectivity index (χ0) is 20.7. The lowest BCUT2D eigenvalue weighted by Crippen LogP contribution is -2.47. The molecule has 0 aliphatic carbocycles. The molecule has 1 aromatic carbocycles. The van der Waals surface area contributed by atoms with Crippen LogP contribution in [0.4, 0.5) is 28.9 Å². The Balaban J connectivity index is 2.18. The number of hydrogen-bond donors (Lipinski definition) is 3. The van der Waals surface area contributed by atoms with Crippen molar-refractivity contribution in [2.45, 2.75) is 19.1 Å². The lowest BCUT2D eigenvalue weighted by Gasteiger charge is -2.28. The van der Waals surface area contributed by atoms with Crippen molar-refractivity contribution in [2.75, 3.05) is 43.1 Å². The molecule has 0 bridgehead atoms. The van der Waals surface area contributed by atoms with Gasteiger partial charge in [0, 0.05) is 24.8 Å². The number of nitrogens with one attached hydrogen (secondary N) is 2. The van der Waals surface area contributed by atoms with Gasteiger partial charge in [-0.15, -0.1) is 0 Å². The van der Waals surface area contributed by atoms with Gasteiger partial charge in [-0.3, -0.25) is 14.9 Å². The second-order valence-electron chi connectivity index (χ2n) is 5.74. The minimum atomic E-state index is -3.16. The molecule has 0 unspecified atom stereocenters. The van der Waals surface area contributed by atoms with Crippen LogP contribution in [0.5, 0.6) is 5.75 Å². The van der Waals surface area contributed by atoms with Crippen molar-refractivity contribution in [2.24, 2.45) is 5.73 Å². The fraction of sp³-hybridized carbons (Fsp3) is 0.500. The average molecular weight is 408 g/mol. The summed E-state index contributed by atoms with van der Waals surface area (Å²) in [6.07, 6.45) is -2.67. The van der Waals surface area contributed by atoms with Gasteiger partial charge in [-0.1, -0.05) is 0 Å². The van der Waals surface area contributed by atoms with E-state index in [1.54, 1.807) is 0 Å². The Hall–Kier alpha value is -2.44. The number of nitrogens with zero attached hydrogens (tertiary/aromatic N) is 1. The maximum Gasteiger partial charge on any atom is 0.387 e. The number of carbonyl (C=O) groups excluding carboxylic acids is 2. The molecule has 2 amide bonds. The number of halogens is 4. The number of amides is 2. The fourth-order valence-electron chi connectivity index (χ4n) is 2.52. The second kappa shape index (κ2) is 10.2. The van der Waals surface area contributed by atoms with Gasteiger partial charge in [-0.05, 0) is 12.1 Å². The molecule has 1 saturated heterocycles. The highest BCUT2D eigenvalue weighted by Crippen LogP contribution is 2.33. The van der Waals surface area contributed by atoms with Gasteiger partial charge >= 0.3 is 6.61 Å². The smallest absolute Gasteiger partial charge is 0.387 e. The minimum absolute atomic E-state index is 0.0717. The van der Waals surface area contributed by atoms with Crippen molar-refractivity contribution in [1.29, 1.82) is 0 Å². The van der Waals surface area contributed by atoms with Crippen molar-refractivity contribution in [1.82, 2.24) is 5.32 Å². The maximum atomic E-state index is 12.8. The standard InChI is InChI=1S/C16H20F4N4O4/c17-13(18)7-22-10(6-21)15(26)23-9-1-2-11(12(5-9)28-16(19)20)24-3-4-27-8-14(24)25/h1-2,5,10,13,16,22H,3-4,6-8,21H2,(H,23,26)/t10-/m0/s1. The van der Waals surface area contributed by atoms with Crippen molar-refractivity contribution < 1.29 is 36.6 Å². The summed E-state index contributed by atoms with van der Waals surface area (Å²) in [5.74, 6) is -1.48. The summed E-state index contributed by atoms with van der Waals surface area (Å²) in [6, 6.07) is 2.72. The average Bonchev–Trinajstić information content (AvgIpc) is 2.62. The third-order valence-electron chi connectivity index (χ3n) is 3.79. The normalized spacial score (nSPS) is 15.8. The Morgan fingerprint density at radius 1 is 1.32 bits per heavy atom. The van der Waals surface area contributed by atoms with Crippen LogP contribution in [0.15, 0.2) is 18.2 Å². The first-order chi connectivity index (χ1) is 13.3. The van der Waals surface area contributed by atoms with Crippen LogP contribution in [0.3, 0.4) is 0 Å². The molecule has 1 fully saturated rings. The van der Waals surface area contributed by atoms with Crippen molar-refractivity contribution in [3.05, 3.63) is 18.2 Å². The number of rotatable bonds is 9. The Kier molecular flexibility index (Phi) is 7.96. The van der Waals surface area contributed by atoms with Crippen LogP contribution in [0.2, 0.25) is 0 Å². The molecule has 2 rings (SSSR count). The maximum absolute atomic E-state index is 12.8. The van der Waals surface area contributed by atoms with Crippen molar-refractivity contribution >= 4 is 23.2 Å². The molecule has 1 aromatic rings. The molecule has 28 heavy (non-hydrogen) atoms. The largest absolute Gasteiger partial charge is 0.433 e. The van der Waals surface area contributed by atoms with Crippen molar-refractivity contribution in [3.63, 3.8) is 0 Å². The van der Waals surface area contributed by atoms with E-state index < -0.39 is 37.4 Å². The van der Waals surface area contributed by atoms with E-state index >= 15 is 0 Å². The van der Waals surface area contributed by atoms with E-state index in [9.17, 15) is 27.2 Å². The molecule has 156 valence electrons. The van der Waals surface area contributed by atoms with Crippen LogP contribution in [0.25, 0.3) is 0 Å². The third kappa shape index (κ3) is 6.04. The predicted molar refractivity (Wildman–Crippen MR) is 91.7 cm³/mol. The van der Waals surface area contributed by atoms with Gasteiger partial charge in [-0.2, -0.15) is 8.78 Å². The lowest BCUT2D eigenvalue weighted by atomic mass is 10.2. The molecule has 1 aliphatic rings. The summed E-state index contributed by atoms with van der Waals surface area (Å²) in [6.45, 7) is -3.96. The first-order valence-corrected chi connectivity index (χ1v) is 8.31. The molecule has 0 saturated carbocycles. The van der Waals surface area contributed by atoms with E-state index in [1.165, 1.54) is 17.0 Å². The van der Waals surface area contributed by atoms with E-state index in [-0.39, 0.29) is 43.4 Å². The first-order valence-electron chi connectivity index (χ1n) is 8.31. The Morgan fingerprint density at radius 3 is 2.68 bits per heavy atom. The molecule has 1 aliphatic heterocycles. The topological polar surface area (TPSA) is 106 Å². The molecule has 8 nitrogen and oxygen atoms in total. The number of anilines is 2. The van der Waals surface area contributed by atoms with Crippen LogP contribution >= 0.6 is 0 Å². The Morgan fingerprint density at radius 2 is 2.07 bits per heavy atom. The van der Waals surface area contributed by atoms with Crippen molar-refractivity contribution in [3.8, 4) is 5.75 Å². The first kappa shape index (κ1) is 21.9. The number of ether oxygens (including phenoxy) is 2. The van der Waals surface area contributed by atoms with Gasteiger partial charge < -0.3 is 25.4 Å². The van der Waals surface area contributed by atoms with Gasteiger partial charge in [0.15, 0.2) is 5.75 Å². The zero-order valence-corrected chi connectivity index (χ0v) is 14.7.